The van der Waals surface area contributed by atoms with Crippen molar-refractivity contribution in [3.63, 3.8) is 0 Å². The molecule has 0 aromatic heterocycles. The lowest BCUT2D eigenvalue weighted by Gasteiger charge is -2.34. The summed E-state index contributed by atoms with van der Waals surface area (Å²) in [5.74, 6) is 0. The van der Waals surface area contributed by atoms with Crippen LogP contribution in [0.25, 0.3) is 0 Å². The van der Waals surface area contributed by atoms with Gasteiger partial charge in [-0.3, -0.25) is 0 Å². The van der Waals surface area contributed by atoms with Gasteiger partial charge < -0.3 is 14.7 Å². The number of rotatable bonds is 11. The van der Waals surface area contributed by atoms with Gasteiger partial charge in [-0.1, -0.05) is 6.92 Å². The summed E-state index contributed by atoms with van der Waals surface area (Å²) in [4.78, 5) is 2.02. The summed E-state index contributed by atoms with van der Waals surface area (Å²) in [6.45, 7) is 5.21. The standard InChI is InChI=1S/C21H33F3N2O4S/c1-3-26(14-15-27)13-4-16-30-19-9-7-18(8-10-19)25(2)31(28,29)20-11-5-17(6-12-20)21(22,23)24/h5-6,11-12,18-19,27H,3-4,7-10,13-16H2,1-2H3. The highest BCUT2D eigenvalue weighted by atomic mass is 32.2. The van der Waals surface area contributed by atoms with Gasteiger partial charge in [-0.25, -0.2) is 8.42 Å². The summed E-state index contributed by atoms with van der Waals surface area (Å²) in [7, 11) is -2.37. The molecule has 2 rings (SSSR count). The molecule has 1 aromatic carbocycles. The molecule has 1 aromatic rings. The van der Waals surface area contributed by atoms with Crippen LogP contribution in [0.15, 0.2) is 29.2 Å². The molecule has 1 aliphatic rings. The molecule has 0 aliphatic heterocycles. The highest BCUT2D eigenvalue weighted by Crippen LogP contribution is 2.32. The zero-order valence-electron chi connectivity index (χ0n) is 18.1. The second-order valence-corrected chi connectivity index (χ2v) is 9.85. The van der Waals surface area contributed by atoms with E-state index in [-0.39, 0.29) is 23.6 Å². The van der Waals surface area contributed by atoms with Crippen LogP contribution in [0.2, 0.25) is 0 Å². The molecule has 1 N–H and O–H groups in total. The SMILES string of the molecule is CCN(CCO)CCCOC1CCC(N(C)S(=O)(=O)c2ccc(C(F)(F)F)cc2)CC1. The molecule has 1 saturated carbocycles. The minimum absolute atomic E-state index is 0.0892. The van der Waals surface area contributed by atoms with Crippen LogP contribution in [0, 0.1) is 0 Å². The van der Waals surface area contributed by atoms with E-state index in [0.29, 0.717) is 26.0 Å². The largest absolute Gasteiger partial charge is 0.416 e. The number of halogens is 3. The Morgan fingerprint density at radius 3 is 2.23 bits per heavy atom. The van der Waals surface area contributed by atoms with E-state index in [2.05, 4.69) is 4.90 Å². The van der Waals surface area contributed by atoms with Crippen LogP contribution < -0.4 is 0 Å². The number of benzene rings is 1. The van der Waals surface area contributed by atoms with Gasteiger partial charge in [0, 0.05) is 32.8 Å². The van der Waals surface area contributed by atoms with Crippen LogP contribution >= 0.6 is 0 Å². The number of ether oxygens (including phenoxy) is 1. The van der Waals surface area contributed by atoms with Crippen LogP contribution in [-0.2, 0) is 20.9 Å². The van der Waals surface area contributed by atoms with Crippen molar-refractivity contribution in [2.24, 2.45) is 0 Å². The second-order valence-electron chi connectivity index (χ2n) is 7.86. The van der Waals surface area contributed by atoms with E-state index in [1.165, 1.54) is 11.4 Å². The van der Waals surface area contributed by atoms with E-state index in [0.717, 1.165) is 56.6 Å². The third-order valence-electron chi connectivity index (χ3n) is 5.85. The van der Waals surface area contributed by atoms with Gasteiger partial charge in [0.05, 0.1) is 23.2 Å². The minimum Gasteiger partial charge on any atom is -0.395 e. The molecule has 1 fully saturated rings. The van der Waals surface area contributed by atoms with Crippen LogP contribution in [0.3, 0.4) is 0 Å². The predicted molar refractivity (Wildman–Crippen MR) is 112 cm³/mol. The number of hydrogen-bond acceptors (Lipinski definition) is 5. The normalized spacial score (nSPS) is 20.5. The summed E-state index contributed by atoms with van der Waals surface area (Å²) in [6, 6.07) is 3.42. The number of aliphatic hydroxyl groups is 1. The maximum atomic E-state index is 12.8. The van der Waals surface area contributed by atoms with Crippen LogP contribution in [0.5, 0.6) is 0 Å². The molecular formula is C21H33F3N2O4S. The summed E-state index contributed by atoms with van der Waals surface area (Å²) < 4.78 is 71.0. The maximum Gasteiger partial charge on any atom is 0.416 e. The molecular weight excluding hydrogens is 433 g/mol. The first kappa shape index (κ1) is 26.1. The van der Waals surface area contributed by atoms with Gasteiger partial charge >= 0.3 is 6.18 Å². The van der Waals surface area contributed by atoms with Gasteiger partial charge in [0.1, 0.15) is 0 Å². The first-order valence-electron chi connectivity index (χ1n) is 10.7. The smallest absolute Gasteiger partial charge is 0.395 e. The van der Waals surface area contributed by atoms with Gasteiger partial charge in [-0.05, 0) is 62.9 Å². The van der Waals surface area contributed by atoms with E-state index in [1.807, 2.05) is 6.92 Å². The fraction of sp³-hybridized carbons (Fsp3) is 0.714. The Morgan fingerprint density at radius 1 is 1.10 bits per heavy atom. The Bertz CT molecular complexity index is 764. The summed E-state index contributed by atoms with van der Waals surface area (Å²) in [5, 5.41) is 9.01. The molecule has 1 aliphatic carbocycles. The molecule has 6 nitrogen and oxygen atoms in total. The van der Waals surface area contributed by atoms with Gasteiger partial charge in [0.15, 0.2) is 0 Å². The van der Waals surface area contributed by atoms with Crippen LogP contribution in [0.1, 0.15) is 44.6 Å². The lowest BCUT2D eigenvalue weighted by Crippen LogP contribution is -2.40. The monoisotopic (exact) mass is 466 g/mol. The zero-order valence-corrected chi connectivity index (χ0v) is 19.0. The first-order valence-corrected chi connectivity index (χ1v) is 12.1. The topological polar surface area (TPSA) is 70.1 Å². The fourth-order valence-electron chi connectivity index (χ4n) is 3.86. The molecule has 0 heterocycles. The molecule has 0 unspecified atom stereocenters. The average Bonchev–Trinajstić information content (AvgIpc) is 2.75. The lowest BCUT2D eigenvalue weighted by atomic mass is 9.93. The van der Waals surface area contributed by atoms with Crippen molar-refractivity contribution in [3.8, 4) is 0 Å². The summed E-state index contributed by atoms with van der Waals surface area (Å²) in [6.07, 6.45) is -0.765. The van der Waals surface area contributed by atoms with Crippen LogP contribution in [-0.4, -0.2) is 74.8 Å². The first-order chi connectivity index (χ1) is 14.6. The van der Waals surface area contributed by atoms with Gasteiger partial charge in [0.2, 0.25) is 10.0 Å². The number of hydrogen-bond donors (Lipinski definition) is 1. The van der Waals surface area contributed by atoms with E-state index in [4.69, 9.17) is 9.84 Å². The lowest BCUT2D eigenvalue weighted by molar-refractivity contribution is -0.137. The van der Waals surface area contributed by atoms with E-state index >= 15 is 0 Å². The Kier molecular flexibility index (Phi) is 9.75. The zero-order chi connectivity index (χ0) is 23.1. The molecule has 178 valence electrons. The Balaban J connectivity index is 1.82. The van der Waals surface area contributed by atoms with Gasteiger partial charge in [-0.2, -0.15) is 17.5 Å². The number of likely N-dealkylation sites (N-methyl/N-ethyl adjacent to an activating group) is 1. The van der Waals surface area contributed by atoms with E-state index in [1.54, 1.807) is 0 Å². The van der Waals surface area contributed by atoms with Crippen molar-refractivity contribution >= 4 is 10.0 Å². The average molecular weight is 467 g/mol. The van der Waals surface area contributed by atoms with Gasteiger partial charge in [0.25, 0.3) is 0 Å². The van der Waals surface area contributed by atoms with Gasteiger partial charge in [-0.15, -0.1) is 0 Å². The molecule has 31 heavy (non-hydrogen) atoms. The minimum atomic E-state index is -4.50. The van der Waals surface area contributed by atoms with E-state index in [9.17, 15) is 21.6 Å². The van der Waals surface area contributed by atoms with E-state index < -0.39 is 21.8 Å². The Morgan fingerprint density at radius 2 is 1.71 bits per heavy atom. The highest BCUT2D eigenvalue weighted by Gasteiger charge is 2.34. The predicted octanol–water partition coefficient (Wildman–Crippen LogP) is 3.36. The molecule has 0 saturated heterocycles. The third kappa shape index (κ3) is 7.42. The van der Waals surface area contributed by atoms with Crippen molar-refractivity contribution in [3.05, 3.63) is 29.8 Å². The molecule has 0 atom stereocenters. The summed E-state index contributed by atoms with van der Waals surface area (Å²) >= 11 is 0. The molecule has 0 spiro atoms. The number of alkyl halides is 3. The second kappa shape index (κ2) is 11.6. The number of aliphatic hydroxyl groups excluding tert-OH is 1. The van der Waals surface area contributed by atoms with Crippen LogP contribution in [0.4, 0.5) is 13.2 Å². The van der Waals surface area contributed by atoms with Crippen molar-refractivity contribution < 1.29 is 31.4 Å². The highest BCUT2D eigenvalue weighted by molar-refractivity contribution is 7.89. The molecule has 0 amide bonds. The number of nitrogens with zero attached hydrogens (tertiary/aromatic N) is 2. The Labute approximate surface area is 183 Å². The molecule has 10 heteroatoms. The van der Waals surface area contributed by atoms with Crippen molar-refractivity contribution in [1.29, 1.82) is 0 Å². The third-order valence-corrected chi connectivity index (χ3v) is 7.78. The number of sulfonamides is 1. The Hall–Kier alpha value is -1.20. The molecule has 0 radical (unpaired) electrons. The van der Waals surface area contributed by atoms with Crippen molar-refractivity contribution in [1.82, 2.24) is 9.21 Å². The van der Waals surface area contributed by atoms with Crippen molar-refractivity contribution in [2.45, 2.75) is 62.2 Å². The summed E-state index contributed by atoms with van der Waals surface area (Å²) in [5.41, 5.74) is -0.870. The van der Waals surface area contributed by atoms with Crippen molar-refractivity contribution in [2.75, 3.05) is 39.9 Å². The maximum absolute atomic E-state index is 12.8. The quantitative estimate of drug-likeness (QED) is 0.507. The fourth-order valence-corrected chi connectivity index (χ4v) is 5.28. The molecule has 0 bridgehead atoms.